The molecule has 112 valence electrons. The first kappa shape index (κ1) is 16.3. The molecule has 0 aromatic heterocycles. The summed E-state index contributed by atoms with van der Waals surface area (Å²) in [6.07, 6.45) is 1.07. The van der Waals surface area contributed by atoms with E-state index in [9.17, 15) is 4.79 Å². The minimum Gasteiger partial charge on any atom is -0.397 e. The number of nitrogens with two attached hydrogens (primary N) is 1. The molecule has 0 saturated heterocycles. The van der Waals surface area contributed by atoms with Gasteiger partial charge in [-0.15, -0.1) is 0 Å². The second kappa shape index (κ2) is 7.14. The number of carbonyl (C=O) groups is 1. The van der Waals surface area contributed by atoms with E-state index in [0.717, 1.165) is 25.2 Å². The Morgan fingerprint density at radius 2 is 1.75 bits per heavy atom. The van der Waals surface area contributed by atoms with Crippen LogP contribution in [0.25, 0.3) is 0 Å². The highest BCUT2D eigenvalue weighted by Gasteiger charge is 2.11. The summed E-state index contributed by atoms with van der Waals surface area (Å²) < 4.78 is 0. The van der Waals surface area contributed by atoms with E-state index >= 15 is 0 Å². The van der Waals surface area contributed by atoms with Crippen LogP contribution in [0.15, 0.2) is 18.2 Å². The maximum absolute atomic E-state index is 11.9. The fraction of sp³-hybridized carbons (Fsp3) is 0.533. The smallest absolute Gasteiger partial charge is 0.253 e. The number of hydrogen-bond acceptors (Lipinski definition) is 4. The highest BCUT2D eigenvalue weighted by molar-refractivity contribution is 5.95. The zero-order valence-electron chi connectivity index (χ0n) is 13.2. The fourth-order valence-corrected chi connectivity index (χ4v) is 2.04. The standard InChI is InChI=1S/C15H26N4O/c1-17(2)9-6-10-19(5)14-8-7-12(11-13(14)16)15(20)18(3)4/h7-8,11H,6,9-10,16H2,1-5H3. The summed E-state index contributed by atoms with van der Waals surface area (Å²) >= 11 is 0. The van der Waals surface area contributed by atoms with E-state index in [4.69, 9.17) is 5.73 Å². The number of carbonyl (C=O) groups excluding carboxylic acids is 1. The van der Waals surface area contributed by atoms with Crippen LogP contribution in [0.3, 0.4) is 0 Å². The maximum atomic E-state index is 11.9. The Hall–Kier alpha value is -1.75. The minimum absolute atomic E-state index is 0.0292. The first-order valence-electron chi connectivity index (χ1n) is 6.80. The van der Waals surface area contributed by atoms with Crippen LogP contribution in [-0.2, 0) is 0 Å². The van der Waals surface area contributed by atoms with Gasteiger partial charge in [0.15, 0.2) is 0 Å². The van der Waals surface area contributed by atoms with Gasteiger partial charge >= 0.3 is 0 Å². The molecule has 0 fully saturated rings. The van der Waals surface area contributed by atoms with Crippen LogP contribution >= 0.6 is 0 Å². The van der Waals surface area contributed by atoms with Crippen molar-refractivity contribution in [1.82, 2.24) is 9.80 Å². The molecule has 0 atom stereocenters. The highest BCUT2D eigenvalue weighted by Crippen LogP contribution is 2.24. The Balaban J connectivity index is 2.74. The average Bonchev–Trinajstić information content (AvgIpc) is 2.36. The molecule has 0 bridgehead atoms. The van der Waals surface area contributed by atoms with Gasteiger partial charge in [-0.3, -0.25) is 4.79 Å². The predicted molar refractivity (Wildman–Crippen MR) is 85.3 cm³/mol. The Morgan fingerprint density at radius 1 is 1.10 bits per heavy atom. The van der Waals surface area contributed by atoms with Crippen LogP contribution in [0.4, 0.5) is 11.4 Å². The number of anilines is 2. The summed E-state index contributed by atoms with van der Waals surface area (Å²) in [5, 5.41) is 0. The van der Waals surface area contributed by atoms with E-state index in [1.807, 2.05) is 19.2 Å². The van der Waals surface area contributed by atoms with Gasteiger partial charge in [0.2, 0.25) is 0 Å². The predicted octanol–water partition coefficient (Wildman–Crippen LogP) is 1.36. The summed E-state index contributed by atoms with van der Waals surface area (Å²) in [6.45, 7) is 1.98. The van der Waals surface area contributed by atoms with Crippen molar-refractivity contribution in [1.29, 1.82) is 0 Å². The lowest BCUT2D eigenvalue weighted by atomic mass is 10.1. The largest absolute Gasteiger partial charge is 0.397 e. The topological polar surface area (TPSA) is 52.8 Å². The molecule has 0 saturated carbocycles. The molecule has 1 rings (SSSR count). The average molecular weight is 278 g/mol. The molecule has 0 radical (unpaired) electrons. The van der Waals surface area contributed by atoms with E-state index < -0.39 is 0 Å². The van der Waals surface area contributed by atoms with Crippen molar-refractivity contribution in [2.45, 2.75) is 6.42 Å². The molecule has 0 heterocycles. The van der Waals surface area contributed by atoms with Crippen molar-refractivity contribution >= 4 is 17.3 Å². The Morgan fingerprint density at radius 3 is 2.25 bits per heavy atom. The number of benzene rings is 1. The van der Waals surface area contributed by atoms with Crippen molar-refractivity contribution in [2.75, 3.05) is 59.0 Å². The highest BCUT2D eigenvalue weighted by atomic mass is 16.2. The number of hydrogen-bond donors (Lipinski definition) is 1. The summed E-state index contributed by atoms with van der Waals surface area (Å²) in [7, 11) is 9.63. The molecule has 0 aliphatic heterocycles. The molecule has 0 aliphatic rings. The van der Waals surface area contributed by atoms with Gasteiger partial charge in [0, 0.05) is 33.3 Å². The van der Waals surface area contributed by atoms with E-state index in [-0.39, 0.29) is 5.91 Å². The van der Waals surface area contributed by atoms with Crippen molar-refractivity contribution in [3.8, 4) is 0 Å². The lowest BCUT2D eigenvalue weighted by Crippen LogP contribution is -2.25. The van der Waals surface area contributed by atoms with E-state index in [1.165, 1.54) is 0 Å². The van der Waals surface area contributed by atoms with Gasteiger partial charge in [0.25, 0.3) is 5.91 Å². The second-order valence-corrected chi connectivity index (χ2v) is 5.55. The van der Waals surface area contributed by atoms with Crippen LogP contribution in [0.5, 0.6) is 0 Å². The zero-order valence-corrected chi connectivity index (χ0v) is 13.2. The molecule has 1 aromatic rings. The molecule has 0 aliphatic carbocycles. The first-order chi connectivity index (χ1) is 9.32. The lowest BCUT2D eigenvalue weighted by molar-refractivity contribution is 0.0827. The molecular weight excluding hydrogens is 252 g/mol. The third kappa shape index (κ3) is 4.42. The number of amides is 1. The van der Waals surface area contributed by atoms with E-state index in [1.54, 1.807) is 25.1 Å². The lowest BCUT2D eigenvalue weighted by Gasteiger charge is -2.22. The Bertz CT molecular complexity index is 457. The summed E-state index contributed by atoms with van der Waals surface area (Å²) in [5.74, 6) is -0.0292. The van der Waals surface area contributed by atoms with Crippen LogP contribution in [-0.4, -0.2) is 64.0 Å². The van der Waals surface area contributed by atoms with Gasteiger partial charge in [-0.25, -0.2) is 0 Å². The van der Waals surface area contributed by atoms with Crippen LogP contribution in [0, 0.1) is 0 Å². The minimum atomic E-state index is -0.0292. The summed E-state index contributed by atoms with van der Waals surface area (Å²) in [5.41, 5.74) is 8.31. The van der Waals surface area contributed by atoms with Crippen molar-refractivity contribution in [3.05, 3.63) is 23.8 Å². The van der Waals surface area contributed by atoms with Crippen molar-refractivity contribution < 1.29 is 4.79 Å². The first-order valence-corrected chi connectivity index (χ1v) is 6.80. The Kier molecular flexibility index (Phi) is 5.82. The van der Waals surface area contributed by atoms with Crippen LogP contribution in [0.2, 0.25) is 0 Å². The molecule has 5 nitrogen and oxygen atoms in total. The summed E-state index contributed by atoms with van der Waals surface area (Å²) in [6, 6.07) is 5.50. The van der Waals surface area contributed by atoms with Crippen LogP contribution in [0.1, 0.15) is 16.8 Å². The molecule has 0 unspecified atom stereocenters. The number of nitrogens with zero attached hydrogens (tertiary/aromatic N) is 3. The summed E-state index contributed by atoms with van der Waals surface area (Å²) in [4.78, 5) is 17.7. The molecule has 2 N–H and O–H groups in total. The van der Waals surface area contributed by atoms with E-state index in [0.29, 0.717) is 11.3 Å². The molecule has 0 spiro atoms. The molecule has 1 aromatic carbocycles. The monoisotopic (exact) mass is 278 g/mol. The van der Waals surface area contributed by atoms with Crippen molar-refractivity contribution in [2.24, 2.45) is 0 Å². The third-order valence-electron chi connectivity index (χ3n) is 3.19. The molecular formula is C15H26N4O. The van der Waals surface area contributed by atoms with Gasteiger partial charge < -0.3 is 20.4 Å². The normalized spacial score (nSPS) is 10.7. The Labute approximate surface area is 121 Å². The SMILES string of the molecule is CN(C)CCCN(C)c1ccc(C(=O)N(C)C)cc1N. The third-order valence-corrected chi connectivity index (χ3v) is 3.19. The van der Waals surface area contributed by atoms with Gasteiger partial charge in [0.05, 0.1) is 11.4 Å². The second-order valence-electron chi connectivity index (χ2n) is 5.55. The molecule has 5 heteroatoms. The van der Waals surface area contributed by atoms with Crippen molar-refractivity contribution in [3.63, 3.8) is 0 Å². The van der Waals surface area contributed by atoms with Gasteiger partial charge in [-0.2, -0.15) is 0 Å². The van der Waals surface area contributed by atoms with Gasteiger partial charge in [0.1, 0.15) is 0 Å². The number of rotatable bonds is 6. The quantitative estimate of drug-likeness (QED) is 0.798. The van der Waals surface area contributed by atoms with Gasteiger partial charge in [-0.1, -0.05) is 0 Å². The fourth-order valence-electron chi connectivity index (χ4n) is 2.04. The zero-order chi connectivity index (χ0) is 15.3. The van der Waals surface area contributed by atoms with Crippen LogP contribution < -0.4 is 10.6 Å². The maximum Gasteiger partial charge on any atom is 0.253 e. The number of nitrogen functional groups attached to an aromatic ring is 1. The van der Waals surface area contributed by atoms with E-state index in [2.05, 4.69) is 23.9 Å². The molecule has 20 heavy (non-hydrogen) atoms. The van der Waals surface area contributed by atoms with Gasteiger partial charge in [-0.05, 0) is 45.3 Å². The molecule has 1 amide bonds.